The zero-order chi connectivity index (χ0) is 13.1. The maximum atomic E-state index is 10.6. The van der Waals surface area contributed by atoms with E-state index in [2.05, 4.69) is 25.9 Å². The van der Waals surface area contributed by atoms with Crippen LogP contribution in [0.3, 0.4) is 0 Å². The van der Waals surface area contributed by atoms with Gasteiger partial charge in [0.05, 0.1) is 20.8 Å². The van der Waals surface area contributed by atoms with Crippen LogP contribution < -0.4 is 0 Å². The molecule has 4 nitrogen and oxygen atoms in total. The second-order valence-electron chi connectivity index (χ2n) is 3.81. The summed E-state index contributed by atoms with van der Waals surface area (Å²) >= 11 is 5.01. The van der Waals surface area contributed by atoms with Gasteiger partial charge in [-0.3, -0.25) is 4.79 Å². The molecule has 2 rings (SSSR count). The molecule has 0 amide bonds. The molecule has 2 aromatic rings. The summed E-state index contributed by atoms with van der Waals surface area (Å²) in [5.41, 5.74) is 1.70. The average molecular weight is 327 g/mol. The van der Waals surface area contributed by atoms with Gasteiger partial charge in [-0.05, 0) is 41.1 Å². The van der Waals surface area contributed by atoms with Gasteiger partial charge in [-0.2, -0.15) is 0 Å². The Balaban J connectivity index is 2.29. The van der Waals surface area contributed by atoms with Crippen LogP contribution in [0.5, 0.6) is 0 Å². The Morgan fingerprint density at radius 2 is 2.22 bits per heavy atom. The summed E-state index contributed by atoms with van der Waals surface area (Å²) in [4.78, 5) is 20.3. The smallest absolute Gasteiger partial charge is 0.303 e. The lowest BCUT2D eigenvalue weighted by Crippen LogP contribution is -2.03. The Morgan fingerprint density at radius 3 is 2.83 bits per heavy atom. The van der Waals surface area contributed by atoms with E-state index in [0.717, 1.165) is 20.1 Å². The molecule has 2 heterocycles. The summed E-state index contributed by atoms with van der Waals surface area (Å²) in [6.45, 7) is 1.89. The Hall–Kier alpha value is -1.27. The number of carboxylic acid groups (broad SMARTS) is 1. The van der Waals surface area contributed by atoms with Gasteiger partial charge in [0.2, 0.25) is 0 Å². The Labute approximate surface area is 117 Å². The molecule has 0 aliphatic heterocycles. The highest BCUT2D eigenvalue weighted by atomic mass is 79.9. The van der Waals surface area contributed by atoms with Gasteiger partial charge < -0.3 is 5.11 Å². The summed E-state index contributed by atoms with van der Waals surface area (Å²) in [5, 5.41) is 8.67. The number of nitrogens with zero attached hydrogens (tertiary/aromatic N) is 2. The minimum Gasteiger partial charge on any atom is -0.481 e. The van der Waals surface area contributed by atoms with E-state index in [-0.39, 0.29) is 6.42 Å². The molecule has 0 spiro atoms. The summed E-state index contributed by atoms with van der Waals surface area (Å²) < 4.78 is 1.04. The normalized spacial score (nSPS) is 10.6. The molecule has 94 valence electrons. The van der Waals surface area contributed by atoms with Crippen molar-refractivity contribution >= 4 is 33.2 Å². The van der Waals surface area contributed by atoms with E-state index in [9.17, 15) is 4.79 Å². The van der Waals surface area contributed by atoms with Crippen LogP contribution in [-0.2, 0) is 11.2 Å². The zero-order valence-electron chi connectivity index (χ0n) is 9.68. The summed E-state index contributed by atoms with van der Waals surface area (Å²) in [6.07, 6.45) is 0.410. The number of aryl methyl sites for hydroxylation is 2. The number of hydrogen-bond acceptors (Lipinski definition) is 4. The van der Waals surface area contributed by atoms with Crippen molar-refractivity contribution in [2.24, 2.45) is 0 Å². The van der Waals surface area contributed by atoms with E-state index in [1.165, 1.54) is 0 Å². The highest BCUT2D eigenvalue weighted by molar-refractivity contribution is 9.11. The Morgan fingerprint density at radius 1 is 1.44 bits per heavy atom. The first kappa shape index (κ1) is 13.2. The van der Waals surface area contributed by atoms with Gasteiger partial charge in [-0.1, -0.05) is 0 Å². The molecule has 0 unspecified atom stereocenters. The monoisotopic (exact) mass is 326 g/mol. The number of halogens is 1. The molecular formula is C12H11BrN2O2S. The maximum absolute atomic E-state index is 10.6. The lowest BCUT2D eigenvalue weighted by atomic mass is 10.2. The molecule has 0 fully saturated rings. The van der Waals surface area contributed by atoms with Gasteiger partial charge >= 0.3 is 5.97 Å². The summed E-state index contributed by atoms with van der Waals surface area (Å²) in [6, 6.07) is 5.86. The van der Waals surface area contributed by atoms with Crippen LogP contribution >= 0.6 is 27.3 Å². The average Bonchev–Trinajstić information content (AvgIpc) is 2.72. The highest BCUT2D eigenvalue weighted by Gasteiger charge is 2.08. The van der Waals surface area contributed by atoms with Crippen LogP contribution in [0.15, 0.2) is 22.0 Å². The summed E-state index contributed by atoms with van der Waals surface area (Å²) in [7, 11) is 0. The molecule has 0 atom stereocenters. The number of carboxylic acids is 1. The SMILES string of the molecule is Cc1cc(-c2ccc(Br)s2)nc(CCC(=O)O)n1. The first-order valence-corrected chi connectivity index (χ1v) is 6.97. The third kappa shape index (κ3) is 3.36. The van der Waals surface area contributed by atoms with E-state index in [1.54, 1.807) is 11.3 Å². The number of aromatic nitrogens is 2. The van der Waals surface area contributed by atoms with Crippen molar-refractivity contribution in [3.05, 3.63) is 33.5 Å². The number of carbonyl (C=O) groups is 1. The first-order valence-electron chi connectivity index (χ1n) is 5.36. The molecule has 2 aromatic heterocycles. The molecule has 0 aromatic carbocycles. The van der Waals surface area contributed by atoms with Crippen molar-refractivity contribution in [2.75, 3.05) is 0 Å². The molecule has 1 N–H and O–H groups in total. The van der Waals surface area contributed by atoms with Crippen LogP contribution in [0.25, 0.3) is 10.6 Å². The van der Waals surface area contributed by atoms with E-state index < -0.39 is 5.97 Å². The predicted molar refractivity (Wildman–Crippen MR) is 73.7 cm³/mol. The van der Waals surface area contributed by atoms with E-state index >= 15 is 0 Å². The number of thiophene rings is 1. The Kier molecular flexibility index (Phi) is 4.08. The molecule has 0 bridgehead atoms. The van der Waals surface area contributed by atoms with Gasteiger partial charge in [0.15, 0.2) is 0 Å². The molecule has 0 aliphatic rings. The highest BCUT2D eigenvalue weighted by Crippen LogP contribution is 2.30. The van der Waals surface area contributed by atoms with E-state index in [1.807, 2.05) is 25.1 Å². The van der Waals surface area contributed by atoms with Crippen LogP contribution in [0.2, 0.25) is 0 Å². The second kappa shape index (κ2) is 5.58. The van der Waals surface area contributed by atoms with E-state index in [4.69, 9.17) is 5.11 Å². The van der Waals surface area contributed by atoms with Gasteiger partial charge in [0, 0.05) is 12.1 Å². The zero-order valence-corrected chi connectivity index (χ0v) is 12.1. The number of rotatable bonds is 4. The molecule has 0 aliphatic carbocycles. The van der Waals surface area contributed by atoms with Crippen molar-refractivity contribution < 1.29 is 9.90 Å². The third-order valence-corrected chi connectivity index (χ3v) is 3.93. The van der Waals surface area contributed by atoms with Gasteiger partial charge in [0.25, 0.3) is 0 Å². The van der Waals surface area contributed by atoms with Crippen molar-refractivity contribution in [2.45, 2.75) is 19.8 Å². The molecular weight excluding hydrogens is 316 g/mol. The van der Waals surface area contributed by atoms with Crippen molar-refractivity contribution in [3.8, 4) is 10.6 Å². The van der Waals surface area contributed by atoms with Crippen molar-refractivity contribution in [1.29, 1.82) is 0 Å². The Bertz CT molecular complexity index is 583. The fraction of sp³-hybridized carbons (Fsp3) is 0.250. The fourth-order valence-electron chi connectivity index (χ4n) is 1.54. The van der Waals surface area contributed by atoms with Crippen molar-refractivity contribution in [3.63, 3.8) is 0 Å². The predicted octanol–water partition coefficient (Wildman–Crippen LogP) is 3.29. The minimum absolute atomic E-state index is 0.0526. The van der Waals surface area contributed by atoms with Crippen LogP contribution in [0.1, 0.15) is 17.9 Å². The first-order chi connectivity index (χ1) is 8.54. The van der Waals surface area contributed by atoms with E-state index in [0.29, 0.717) is 12.2 Å². The quantitative estimate of drug-likeness (QED) is 0.936. The molecule has 0 radical (unpaired) electrons. The maximum Gasteiger partial charge on any atom is 0.303 e. The minimum atomic E-state index is -0.833. The number of hydrogen-bond donors (Lipinski definition) is 1. The topological polar surface area (TPSA) is 63.1 Å². The molecule has 0 saturated heterocycles. The molecule has 0 saturated carbocycles. The molecule has 6 heteroatoms. The van der Waals surface area contributed by atoms with Crippen LogP contribution in [-0.4, -0.2) is 21.0 Å². The lowest BCUT2D eigenvalue weighted by Gasteiger charge is -2.03. The van der Waals surface area contributed by atoms with Gasteiger partial charge in [-0.25, -0.2) is 9.97 Å². The standard InChI is InChI=1S/C12H11BrN2O2S/c1-7-6-8(9-2-3-10(13)18-9)15-11(14-7)4-5-12(16)17/h2-3,6H,4-5H2,1H3,(H,16,17). The van der Waals surface area contributed by atoms with Gasteiger partial charge in [0.1, 0.15) is 5.82 Å². The largest absolute Gasteiger partial charge is 0.481 e. The van der Waals surface area contributed by atoms with Crippen molar-refractivity contribution in [1.82, 2.24) is 9.97 Å². The van der Waals surface area contributed by atoms with Crippen LogP contribution in [0, 0.1) is 6.92 Å². The fourth-order valence-corrected chi connectivity index (χ4v) is 2.89. The summed E-state index contributed by atoms with van der Waals surface area (Å²) in [5.74, 6) is -0.252. The third-order valence-electron chi connectivity index (χ3n) is 2.29. The van der Waals surface area contributed by atoms with Gasteiger partial charge in [-0.15, -0.1) is 11.3 Å². The lowest BCUT2D eigenvalue weighted by molar-refractivity contribution is -0.137. The second-order valence-corrected chi connectivity index (χ2v) is 6.27. The number of aliphatic carboxylic acids is 1. The molecule has 18 heavy (non-hydrogen) atoms. The van der Waals surface area contributed by atoms with Crippen LogP contribution in [0.4, 0.5) is 0 Å².